The molecule has 4 nitrogen and oxygen atoms in total. The van der Waals surface area contributed by atoms with Crippen molar-refractivity contribution in [3.05, 3.63) is 53.6 Å². The molecule has 0 aromatic heterocycles. The number of nitrogens with two attached hydrogens (primary N) is 1. The van der Waals surface area contributed by atoms with Gasteiger partial charge in [0.05, 0.1) is 6.61 Å². The molecular formula is C18H22F2N2O2. The van der Waals surface area contributed by atoms with Crippen molar-refractivity contribution in [1.82, 2.24) is 4.90 Å². The summed E-state index contributed by atoms with van der Waals surface area (Å²) in [5.41, 5.74) is 8.58. The molecule has 0 aliphatic heterocycles. The lowest BCUT2D eigenvalue weighted by Crippen LogP contribution is -2.17. The Bertz CT molecular complexity index is 665. The Morgan fingerprint density at radius 2 is 1.75 bits per heavy atom. The summed E-state index contributed by atoms with van der Waals surface area (Å²) in [5.74, 6) is 0.377. The molecule has 0 saturated carbocycles. The molecule has 2 rings (SSSR count). The van der Waals surface area contributed by atoms with Crippen molar-refractivity contribution in [3.8, 4) is 11.5 Å². The predicted octanol–water partition coefficient (Wildman–Crippen LogP) is 3.90. The molecule has 2 aromatic rings. The van der Waals surface area contributed by atoms with Gasteiger partial charge in [-0.25, -0.2) is 0 Å². The molecule has 2 N–H and O–H groups in total. The predicted molar refractivity (Wildman–Crippen MR) is 90.3 cm³/mol. The van der Waals surface area contributed by atoms with Crippen LogP contribution in [0.1, 0.15) is 18.1 Å². The van der Waals surface area contributed by atoms with Gasteiger partial charge in [-0.15, -0.1) is 0 Å². The Hall–Kier alpha value is -2.34. The zero-order valence-corrected chi connectivity index (χ0v) is 13.8. The van der Waals surface area contributed by atoms with Gasteiger partial charge in [0.1, 0.15) is 0 Å². The SMILES string of the molecule is CCOc1cc(CN(C)Cc2cccc(N)c2)ccc1OC(F)F. The molecule has 0 unspecified atom stereocenters. The molecule has 0 atom stereocenters. The van der Waals surface area contributed by atoms with Crippen molar-refractivity contribution in [3.63, 3.8) is 0 Å². The number of rotatable bonds is 8. The van der Waals surface area contributed by atoms with Gasteiger partial charge in [-0.1, -0.05) is 18.2 Å². The van der Waals surface area contributed by atoms with E-state index in [1.165, 1.54) is 6.07 Å². The summed E-state index contributed by atoms with van der Waals surface area (Å²) in [7, 11) is 1.98. The molecule has 0 saturated heterocycles. The largest absolute Gasteiger partial charge is 0.490 e. The van der Waals surface area contributed by atoms with E-state index in [4.69, 9.17) is 10.5 Å². The van der Waals surface area contributed by atoms with Gasteiger partial charge in [0.25, 0.3) is 0 Å². The van der Waals surface area contributed by atoms with Gasteiger partial charge in [0, 0.05) is 18.8 Å². The van der Waals surface area contributed by atoms with Crippen LogP contribution in [0.2, 0.25) is 0 Å². The minimum absolute atomic E-state index is 0.0501. The summed E-state index contributed by atoms with van der Waals surface area (Å²) in [6.07, 6.45) is 0. The van der Waals surface area contributed by atoms with Crippen LogP contribution >= 0.6 is 0 Å². The third kappa shape index (κ3) is 5.38. The van der Waals surface area contributed by atoms with Crippen molar-refractivity contribution >= 4 is 5.69 Å². The number of nitrogen functional groups attached to an aromatic ring is 1. The average molecular weight is 336 g/mol. The molecule has 0 aliphatic rings. The Kier molecular flexibility index (Phi) is 6.37. The van der Waals surface area contributed by atoms with E-state index in [1.54, 1.807) is 19.1 Å². The first-order valence-electron chi connectivity index (χ1n) is 7.71. The fourth-order valence-corrected chi connectivity index (χ4v) is 2.48. The van der Waals surface area contributed by atoms with E-state index in [1.807, 2.05) is 31.3 Å². The number of nitrogens with zero attached hydrogens (tertiary/aromatic N) is 1. The molecule has 0 heterocycles. The van der Waals surface area contributed by atoms with Crippen LogP contribution in [0.15, 0.2) is 42.5 Å². The number of benzene rings is 2. The van der Waals surface area contributed by atoms with Crippen LogP contribution in [0.3, 0.4) is 0 Å². The van der Waals surface area contributed by atoms with Gasteiger partial charge < -0.3 is 15.2 Å². The fourth-order valence-electron chi connectivity index (χ4n) is 2.48. The molecule has 0 radical (unpaired) electrons. The maximum absolute atomic E-state index is 12.4. The summed E-state index contributed by atoms with van der Waals surface area (Å²) in [5, 5.41) is 0. The van der Waals surface area contributed by atoms with E-state index in [-0.39, 0.29) is 5.75 Å². The average Bonchev–Trinajstić information content (AvgIpc) is 2.49. The van der Waals surface area contributed by atoms with Crippen molar-refractivity contribution in [2.75, 3.05) is 19.4 Å². The molecule has 6 heteroatoms. The summed E-state index contributed by atoms with van der Waals surface area (Å²) in [6.45, 7) is 0.669. The molecule has 24 heavy (non-hydrogen) atoms. The monoisotopic (exact) mass is 336 g/mol. The van der Waals surface area contributed by atoms with Crippen LogP contribution < -0.4 is 15.2 Å². The smallest absolute Gasteiger partial charge is 0.387 e. The van der Waals surface area contributed by atoms with E-state index in [0.717, 1.165) is 23.4 Å². The van der Waals surface area contributed by atoms with Gasteiger partial charge in [-0.05, 0) is 49.4 Å². The molecule has 0 fully saturated rings. The number of hydrogen-bond donors (Lipinski definition) is 1. The molecule has 130 valence electrons. The standard InChI is InChI=1S/C18H22F2N2O2/c1-3-23-17-10-14(7-8-16(17)24-18(19)20)12-22(2)11-13-5-4-6-15(21)9-13/h4-10,18H,3,11-12,21H2,1-2H3. The molecular weight excluding hydrogens is 314 g/mol. The highest BCUT2D eigenvalue weighted by Crippen LogP contribution is 2.30. The molecule has 0 amide bonds. The van der Waals surface area contributed by atoms with Crippen LogP contribution in [0.5, 0.6) is 11.5 Å². The first-order chi connectivity index (χ1) is 11.5. The highest BCUT2D eigenvalue weighted by Gasteiger charge is 2.12. The number of hydrogen-bond acceptors (Lipinski definition) is 4. The van der Waals surface area contributed by atoms with Crippen molar-refractivity contribution in [2.45, 2.75) is 26.6 Å². The van der Waals surface area contributed by atoms with E-state index in [9.17, 15) is 8.78 Å². The highest BCUT2D eigenvalue weighted by molar-refractivity contribution is 5.43. The van der Waals surface area contributed by atoms with Gasteiger partial charge in [-0.2, -0.15) is 8.78 Å². The van der Waals surface area contributed by atoms with E-state index >= 15 is 0 Å². The third-order valence-electron chi connectivity index (χ3n) is 3.38. The number of anilines is 1. The van der Waals surface area contributed by atoms with E-state index in [2.05, 4.69) is 9.64 Å². The Balaban J connectivity index is 2.06. The number of halogens is 2. The van der Waals surface area contributed by atoms with Crippen molar-refractivity contribution in [1.29, 1.82) is 0 Å². The maximum Gasteiger partial charge on any atom is 0.387 e. The lowest BCUT2D eigenvalue weighted by molar-refractivity contribution is -0.0514. The first-order valence-corrected chi connectivity index (χ1v) is 7.71. The summed E-state index contributed by atoms with van der Waals surface area (Å²) in [4.78, 5) is 2.10. The third-order valence-corrected chi connectivity index (χ3v) is 3.38. The summed E-state index contributed by atoms with van der Waals surface area (Å²) in [6, 6.07) is 12.7. The zero-order valence-electron chi connectivity index (χ0n) is 13.8. The molecule has 0 spiro atoms. The Morgan fingerprint density at radius 1 is 1.04 bits per heavy atom. The van der Waals surface area contributed by atoms with Crippen LogP contribution in [0.4, 0.5) is 14.5 Å². The van der Waals surface area contributed by atoms with Gasteiger partial charge >= 0.3 is 6.61 Å². The van der Waals surface area contributed by atoms with Crippen LogP contribution in [-0.4, -0.2) is 25.2 Å². The topological polar surface area (TPSA) is 47.7 Å². The first kappa shape index (κ1) is 18.0. The van der Waals surface area contributed by atoms with Gasteiger partial charge in [0.2, 0.25) is 0 Å². The quantitative estimate of drug-likeness (QED) is 0.743. The maximum atomic E-state index is 12.4. The zero-order chi connectivity index (χ0) is 17.5. The minimum Gasteiger partial charge on any atom is -0.490 e. The van der Waals surface area contributed by atoms with Gasteiger partial charge in [-0.3, -0.25) is 4.90 Å². The normalized spacial score (nSPS) is 11.1. The highest BCUT2D eigenvalue weighted by atomic mass is 19.3. The lowest BCUT2D eigenvalue weighted by Gasteiger charge is -2.18. The van der Waals surface area contributed by atoms with Crippen LogP contribution in [-0.2, 0) is 13.1 Å². The van der Waals surface area contributed by atoms with Crippen LogP contribution in [0, 0.1) is 0 Å². The lowest BCUT2D eigenvalue weighted by atomic mass is 10.1. The second-order valence-corrected chi connectivity index (χ2v) is 5.51. The Labute approximate surface area is 140 Å². The van der Waals surface area contributed by atoms with Gasteiger partial charge in [0.15, 0.2) is 11.5 Å². The minimum atomic E-state index is -2.87. The number of alkyl halides is 2. The number of ether oxygens (including phenoxy) is 2. The fraction of sp³-hybridized carbons (Fsp3) is 0.333. The summed E-state index contributed by atoms with van der Waals surface area (Å²) < 4.78 is 34.7. The van der Waals surface area contributed by atoms with Crippen LogP contribution in [0.25, 0.3) is 0 Å². The molecule has 2 aromatic carbocycles. The van der Waals surface area contributed by atoms with Crippen molar-refractivity contribution < 1.29 is 18.3 Å². The van der Waals surface area contributed by atoms with E-state index in [0.29, 0.717) is 18.9 Å². The second kappa shape index (κ2) is 8.49. The second-order valence-electron chi connectivity index (χ2n) is 5.51. The van der Waals surface area contributed by atoms with E-state index < -0.39 is 6.61 Å². The van der Waals surface area contributed by atoms with Crippen molar-refractivity contribution in [2.24, 2.45) is 0 Å². The summed E-state index contributed by atoms with van der Waals surface area (Å²) >= 11 is 0. The Morgan fingerprint density at radius 3 is 2.38 bits per heavy atom. The molecule has 0 bridgehead atoms. The molecule has 0 aliphatic carbocycles.